The second-order valence-electron chi connectivity index (χ2n) is 3.83. The molecule has 0 radical (unpaired) electrons. The van der Waals surface area contributed by atoms with E-state index < -0.39 is 0 Å². The molecule has 1 aliphatic carbocycles. The van der Waals surface area contributed by atoms with E-state index in [0.717, 1.165) is 24.2 Å². The molecule has 15 heavy (non-hydrogen) atoms. The van der Waals surface area contributed by atoms with Crippen molar-refractivity contribution >= 4 is 11.6 Å². The van der Waals surface area contributed by atoms with Crippen molar-refractivity contribution in [3.8, 4) is 11.8 Å². The lowest BCUT2D eigenvalue weighted by molar-refractivity contribution is 0.406. The van der Waals surface area contributed by atoms with Gasteiger partial charge in [-0.1, -0.05) is 11.6 Å². The molecule has 2 rings (SSSR count). The van der Waals surface area contributed by atoms with Crippen molar-refractivity contribution in [3.05, 3.63) is 28.8 Å². The van der Waals surface area contributed by atoms with Crippen LogP contribution in [0.2, 0.25) is 5.02 Å². The second kappa shape index (κ2) is 4.12. The van der Waals surface area contributed by atoms with Gasteiger partial charge in [-0.25, -0.2) is 0 Å². The van der Waals surface area contributed by atoms with Gasteiger partial charge in [0.1, 0.15) is 5.75 Å². The van der Waals surface area contributed by atoms with Gasteiger partial charge in [-0.05, 0) is 37.0 Å². The topological polar surface area (TPSA) is 33.0 Å². The number of hydrogen-bond acceptors (Lipinski definition) is 2. The lowest BCUT2D eigenvalue weighted by Gasteiger charge is -2.13. The molecule has 0 heterocycles. The van der Waals surface area contributed by atoms with Crippen molar-refractivity contribution < 1.29 is 4.74 Å². The molecule has 1 fully saturated rings. The SMILES string of the molecule is COc1ccc(Cl)cc1C(C#N)C1CC1. The Balaban J connectivity index is 2.39. The molecule has 2 nitrogen and oxygen atoms in total. The Morgan fingerprint density at radius 3 is 2.80 bits per heavy atom. The van der Waals surface area contributed by atoms with Crippen LogP contribution < -0.4 is 4.74 Å². The van der Waals surface area contributed by atoms with Crippen LogP contribution in [0.5, 0.6) is 5.75 Å². The number of methoxy groups -OCH3 is 1. The van der Waals surface area contributed by atoms with Crippen molar-refractivity contribution in [2.24, 2.45) is 5.92 Å². The molecule has 1 aromatic rings. The average molecular weight is 222 g/mol. The number of nitrogens with zero attached hydrogens (tertiary/aromatic N) is 1. The van der Waals surface area contributed by atoms with E-state index in [1.165, 1.54) is 0 Å². The third-order valence-electron chi connectivity index (χ3n) is 2.76. The van der Waals surface area contributed by atoms with Gasteiger partial charge in [0.2, 0.25) is 0 Å². The van der Waals surface area contributed by atoms with E-state index >= 15 is 0 Å². The van der Waals surface area contributed by atoms with Crippen LogP contribution in [-0.2, 0) is 0 Å². The Labute approximate surface area is 94.4 Å². The summed E-state index contributed by atoms with van der Waals surface area (Å²) in [4.78, 5) is 0. The summed E-state index contributed by atoms with van der Waals surface area (Å²) in [5, 5.41) is 9.81. The van der Waals surface area contributed by atoms with Gasteiger partial charge >= 0.3 is 0 Å². The smallest absolute Gasteiger partial charge is 0.123 e. The van der Waals surface area contributed by atoms with E-state index in [1.807, 2.05) is 12.1 Å². The van der Waals surface area contributed by atoms with E-state index in [2.05, 4.69) is 6.07 Å². The minimum Gasteiger partial charge on any atom is -0.496 e. The number of hydrogen-bond donors (Lipinski definition) is 0. The molecule has 1 aromatic carbocycles. The zero-order chi connectivity index (χ0) is 10.8. The quantitative estimate of drug-likeness (QED) is 0.784. The maximum absolute atomic E-state index is 9.15. The van der Waals surface area contributed by atoms with Crippen LogP contribution in [0.25, 0.3) is 0 Å². The highest BCUT2D eigenvalue weighted by Gasteiger charge is 2.34. The van der Waals surface area contributed by atoms with Crippen LogP contribution >= 0.6 is 11.6 Å². The standard InChI is InChI=1S/C12H12ClNO/c1-15-12-5-4-9(13)6-10(12)11(7-14)8-2-3-8/h4-6,8,11H,2-3H2,1H3. The second-order valence-corrected chi connectivity index (χ2v) is 4.27. The molecule has 0 aromatic heterocycles. The Morgan fingerprint density at radius 2 is 2.27 bits per heavy atom. The molecule has 3 heteroatoms. The van der Waals surface area contributed by atoms with Crippen LogP contribution in [0, 0.1) is 17.2 Å². The summed E-state index contributed by atoms with van der Waals surface area (Å²) in [5.74, 6) is 1.18. The first kappa shape index (κ1) is 10.3. The molecule has 1 aliphatic rings. The van der Waals surface area contributed by atoms with Gasteiger partial charge in [0.05, 0.1) is 19.1 Å². The maximum atomic E-state index is 9.15. The summed E-state index contributed by atoms with van der Waals surface area (Å²) in [6.45, 7) is 0. The summed E-state index contributed by atoms with van der Waals surface area (Å²) < 4.78 is 5.25. The molecular weight excluding hydrogens is 210 g/mol. The van der Waals surface area contributed by atoms with Gasteiger partial charge in [-0.2, -0.15) is 5.26 Å². The van der Waals surface area contributed by atoms with Gasteiger partial charge in [0.25, 0.3) is 0 Å². The highest BCUT2D eigenvalue weighted by atomic mass is 35.5. The van der Waals surface area contributed by atoms with E-state index in [9.17, 15) is 0 Å². The van der Waals surface area contributed by atoms with Gasteiger partial charge in [0, 0.05) is 10.6 Å². The molecule has 0 N–H and O–H groups in total. The molecule has 0 saturated heterocycles. The number of rotatable bonds is 3. The van der Waals surface area contributed by atoms with Crippen molar-refractivity contribution in [3.63, 3.8) is 0 Å². The number of halogens is 1. The molecule has 1 saturated carbocycles. The fraction of sp³-hybridized carbons (Fsp3) is 0.417. The average Bonchev–Trinajstić information content (AvgIpc) is 3.04. The van der Waals surface area contributed by atoms with Crippen LogP contribution in [0.1, 0.15) is 24.3 Å². The highest BCUT2D eigenvalue weighted by molar-refractivity contribution is 6.30. The van der Waals surface area contributed by atoms with Gasteiger partial charge < -0.3 is 4.74 Å². The Bertz CT molecular complexity index is 407. The summed E-state index contributed by atoms with van der Waals surface area (Å²) in [7, 11) is 1.62. The number of benzene rings is 1. The lowest BCUT2D eigenvalue weighted by Crippen LogP contribution is -2.01. The highest BCUT2D eigenvalue weighted by Crippen LogP contribution is 2.45. The van der Waals surface area contributed by atoms with Crippen LogP contribution in [0.3, 0.4) is 0 Å². The van der Waals surface area contributed by atoms with Crippen LogP contribution in [0.4, 0.5) is 0 Å². The van der Waals surface area contributed by atoms with Gasteiger partial charge in [-0.15, -0.1) is 0 Å². The molecule has 0 aliphatic heterocycles. The van der Waals surface area contributed by atoms with Crippen LogP contribution in [-0.4, -0.2) is 7.11 Å². The van der Waals surface area contributed by atoms with Gasteiger partial charge in [0.15, 0.2) is 0 Å². The van der Waals surface area contributed by atoms with E-state index in [1.54, 1.807) is 13.2 Å². The third kappa shape index (κ3) is 2.08. The molecule has 1 unspecified atom stereocenters. The third-order valence-corrected chi connectivity index (χ3v) is 2.99. The van der Waals surface area contributed by atoms with Crippen LogP contribution in [0.15, 0.2) is 18.2 Å². The van der Waals surface area contributed by atoms with Crippen molar-refractivity contribution in [1.82, 2.24) is 0 Å². The largest absolute Gasteiger partial charge is 0.496 e. The zero-order valence-electron chi connectivity index (χ0n) is 8.53. The van der Waals surface area contributed by atoms with Crippen molar-refractivity contribution in [2.75, 3.05) is 7.11 Å². The Hall–Kier alpha value is -1.20. The minimum atomic E-state index is -0.0707. The maximum Gasteiger partial charge on any atom is 0.123 e. The number of nitriles is 1. The summed E-state index contributed by atoms with van der Waals surface area (Å²) >= 11 is 5.93. The Kier molecular flexibility index (Phi) is 2.83. The normalized spacial score (nSPS) is 16.9. The molecule has 0 spiro atoms. The van der Waals surface area contributed by atoms with Crippen molar-refractivity contribution in [2.45, 2.75) is 18.8 Å². The van der Waals surface area contributed by atoms with Gasteiger partial charge in [-0.3, -0.25) is 0 Å². The first-order chi connectivity index (χ1) is 7.26. The van der Waals surface area contributed by atoms with E-state index in [4.69, 9.17) is 21.6 Å². The Morgan fingerprint density at radius 1 is 1.53 bits per heavy atom. The molecule has 1 atom stereocenters. The fourth-order valence-corrected chi connectivity index (χ4v) is 1.99. The summed E-state index contributed by atoms with van der Waals surface area (Å²) in [6, 6.07) is 7.79. The van der Waals surface area contributed by atoms with E-state index in [0.29, 0.717) is 10.9 Å². The zero-order valence-corrected chi connectivity index (χ0v) is 9.29. The summed E-state index contributed by atoms with van der Waals surface area (Å²) in [6.07, 6.45) is 2.27. The molecule has 78 valence electrons. The minimum absolute atomic E-state index is 0.0707. The molecule has 0 amide bonds. The predicted molar refractivity (Wildman–Crippen MR) is 59.1 cm³/mol. The van der Waals surface area contributed by atoms with E-state index in [-0.39, 0.29) is 5.92 Å². The molecule has 0 bridgehead atoms. The predicted octanol–water partition coefficient (Wildman–Crippen LogP) is 3.37. The monoisotopic (exact) mass is 221 g/mol. The molecular formula is C12H12ClNO. The fourth-order valence-electron chi connectivity index (χ4n) is 1.81. The number of ether oxygens (including phenoxy) is 1. The first-order valence-corrected chi connectivity index (χ1v) is 5.37. The first-order valence-electron chi connectivity index (χ1n) is 4.99. The summed E-state index contributed by atoms with van der Waals surface area (Å²) in [5.41, 5.74) is 0.926. The lowest BCUT2D eigenvalue weighted by atomic mass is 9.95. The van der Waals surface area contributed by atoms with Crippen molar-refractivity contribution in [1.29, 1.82) is 5.26 Å².